The average molecular weight is 906 g/mol. The van der Waals surface area contributed by atoms with Gasteiger partial charge in [0.05, 0.1) is 25.4 Å². The van der Waals surface area contributed by atoms with Crippen LogP contribution in [0.4, 0.5) is 0 Å². The minimum absolute atomic E-state index is 0.235. The van der Waals surface area contributed by atoms with E-state index in [-0.39, 0.29) is 18.9 Å². The van der Waals surface area contributed by atoms with E-state index in [2.05, 4.69) is 35.5 Å². The summed E-state index contributed by atoms with van der Waals surface area (Å²) in [6.45, 7) is 3.47. The Morgan fingerprint density at radius 3 is 1.45 bits per heavy atom. The van der Waals surface area contributed by atoms with Gasteiger partial charge in [0.2, 0.25) is 5.91 Å². The number of hydrogen-bond acceptors (Lipinski definition) is 10. The van der Waals surface area contributed by atoms with Crippen LogP contribution in [0.3, 0.4) is 0 Å². The van der Waals surface area contributed by atoms with Gasteiger partial charge in [-0.1, -0.05) is 206 Å². The van der Waals surface area contributed by atoms with Gasteiger partial charge in [-0.3, -0.25) is 9.35 Å². The molecule has 62 heavy (non-hydrogen) atoms. The van der Waals surface area contributed by atoms with Crippen molar-refractivity contribution in [3.63, 3.8) is 0 Å². The molecule has 0 saturated carbocycles. The standard InChI is InChI=1S/C49H95NO11S/c1-3-5-7-9-11-13-15-17-19-21-23-25-27-29-31-33-35-37-39-45(53)50-42(41-59-49-47(55)48(61-62(56,57)58)46(54)44(40-51)60-49)43(52)38-36-34-32-30-28-26-24-22-20-18-16-14-12-10-8-6-4-2/h23,25,42-44,46-49,51-52,54-55H,3-22,24,26-41H2,1-2H3,(H,50,53)(H,56,57,58)/b25-23-. The van der Waals surface area contributed by atoms with Crippen LogP contribution in [0, 0.1) is 0 Å². The molecule has 0 aromatic rings. The van der Waals surface area contributed by atoms with E-state index in [0.717, 1.165) is 64.2 Å². The monoisotopic (exact) mass is 906 g/mol. The first-order valence-corrected chi connectivity index (χ1v) is 26.9. The molecule has 1 amide bonds. The highest BCUT2D eigenvalue weighted by molar-refractivity contribution is 7.80. The quantitative estimate of drug-likeness (QED) is 0.0194. The summed E-state index contributed by atoms with van der Waals surface area (Å²) in [7, 11) is -5.08. The van der Waals surface area contributed by atoms with E-state index in [4.69, 9.17) is 9.47 Å². The summed E-state index contributed by atoms with van der Waals surface area (Å²) in [5.41, 5.74) is 0. The fourth-order valence-corrected chi connectivity index (χ4v) is 8.85. The van der Waals surface area contributed by atoms with Gasteiger partial charge in [0.15, 0.2) is 6.29 Å². The number of nitrogens with one attached hydrogen (secondary N) is 1. The zero-order valence-electron chi connectivity index (χ0n) is 39.5. The van der Waals surface area contributed by atoms with Crippen molar-refractivity contribution >= 4 is 16.3 Å². The zero-order valence-corrected chi connectivity index (χ0v) is 40.3. The van der Waals surface area contributed by atoms with E-state index in [9.17, 15) is 38.2 Å². The fraction of sp³-hybridized carbons (Fsp3) is 0.939. The molecule has 12 nitrogen and oxygen atoms in total. The van der Waals surface area contributed by atoms with Gasteiger partial charge in [-0.25, -0.2) is 4.18 Å². The van der Waals surface area contributed by atoms with Crippen molar-refractivity contribution in [1.29, 1.82) is 0 Å². The Morgan fingerprint density at radius 2 is 1.03 bits per heavy atom. The lowest BCUT2D eigenvalue weighted by Gasteiger charge is -2.41. The van der Waals surface area contributed by atoms with Crippen molar-refractivity contribution in [3.05, 3.63) is 12.2 Å². The molecule has 1 aliphatic rings. The smallest absolute Gasteiger partial charge is 0.394 e. The van der Waals surface area contributed by atoms with Crippen LogP contribution in [-0.2, 0) is 28.9 Å². The minimum Gasteiger partial charge on any atom is -0.394 e. The van der Waals surface area contributed by atoms with Crippen molar-refractivity contribution in [1.82, 2.24) is 5.32 Å². The molecule has 1 saturated heterocycles. The molecule has 0 bridgehead atoms. The second kappa shape index (κ2) is 40.1. The molecule has 1 rings (SSSR count). The number of allylic oxidation sites excluding steroid dienone is 2. The Morgan fingerprint density at radius 1 is 0.629 bits per heavy atom. The van der Waals surface area contributed by atoms with Crippen LogP contribution < -0.4 is 5.32 Å². The number of aliphatic hydroxyl groups excluding tert-OH is 4. The van der Waals surface area contributed by atoms with Gasteiger partial charge >= 0.3 is 10.4 Å². The normalized spacial score (nSPS) is 20.5. The van der Waals surface area contributed by atoms with Gasteiger partial charge in [-0.15, -0.1) is 0 Å². The maximum absolute atomic E-state index is 13.1. The summed E-state index contributed by atoms with van der Waals surface area (Å²) < 4.78 is 47.8. The first-order valence-electron chi connectivity index (χ1n) is 25.6. The molecule has 0 aliphatic carbocycles. The molecule has 13 heteroatoms. The van der Waals surface area contributed by atoms with Crippen LogP contribution in [0.25, 0.3) is 0 Å². The van der Waals surface area contributed by atoms with Crippen LogP contribution in [0.15, 0.2) is 12.2 Å². The van der Waals surface area contributed by atoms with Crippen LogP contribution in [-0.4, -0.2) is 95.4 Å². The largest absolute Gasteiger partial charge is 0.397 e. The van der Waals surface area contributed by atoms with Gasteiger partial charge in [0.25, 0.3) is 0 Å². The first-order chi connectivity index (χ1) is 30.0. The number of rotatable bonds is 44. The Kier molecular flexibility index (Phi) is 38.1. The molecular formula is C49H95NO11S. The third-order valence-electron chi connectivity index (χ3n) is 12.3. The molecule has 1 heterocycles. The van der Waals surface area contributed by atoms with Crippen molar-refractivity contribution in [2.24, 2.45) is 0 Å². The Labute approximate surface area is 379 Å². The summed E-state index contributed by atoms with van der Waals surface area (Å²) in [4.78, 5) is 13.1. The van der Waals surface area contributed by atoms with E-state index in [1.54, 1.807) is 0 Å². The van der Waals surface area contributed by atoms with Gasteiger partial charge in [-0.2, -0.15) is 8.42 Å². The Bertz CT molecular complexity index is 1160. The van der Waals surface area contributed by atoms with Crippen LogP contribution in [0.1, 0.15) is 239 Å². The summed E-state index contributed by atoms with van der Waals surface area (Å²) in [5, 5.41) is 45.0. The lowest BCUT2D eigenvalue weighted by Crippen LogP contribution is -2.61. The van der Waals surface area contributed by atoms with Crippen LogP contribution >= 0.6 is 0 Å². The number of amides is 1. The van der Waals surface area contributed by atoms with Crippen molar-refractivity contribution < 1.29 is 51.8 Å². The van der Waals surface area contributed by atoms with Crippen LogP contribution in [0.5, 0.6) is 0 Å². The molecule has 1 fully saturated rings. The fourth-order valence-electron chi connectivity index (χ4n) is 8.34. The topological polar surface area (TPSA) is 192 Å². The molecule has 368 valence electrons. The van der Waals surface area contributed by atoms with Gasteiger partial charge in [0.1, 0.15) is 24.4 Å². The molecule has 7 unspecified atom stereocenters. The summed E-state index contributed by atoms with van der Waals surface area (Å²) in [5.74, 6) is -0.235. The SMILES string of the molecule is CCCCCCCCCCC/C=C\CCCCCCCC(=O)NC(COC1OC(CO)C(O)C(OS(=O)(=O)O)C1O)C(O)CCCCCCCCCCCCCCCCCCC. The number of carbonyl (C=O) groups excluding carboxylic acids is 1. The number of aliphatic hydroxyl groups is 4. The summed E-state index contributed by atoms with van der Waals surface area (Å²) in [6, 6.07) is -0.859. The second-order valence-electron chi connectivity index (χ2n) is 18.1. The molecule has 0 aromatic heterocycles. The van der Waals surface area contributed by atoms with Crippen molar-refractivity contribution in [2.75, 3.05) is 13.2 Å². The maximum atomic E-state index is 13.1. The third-order valence-corrected chi connectivity index (χ3v) is 12.8. The highest BCUT2D eigenvalue weighted by atomic mass is 32.3. The zero-order chi connectivity index (χ0) is 45.5. The van der Waals surface area contributed by atoms with Crippen molar-refractivity contribution in [2.45, 2.75) is 281 Å². The van der Waals surface area contributed by atoms with Crippen LogP contribution in [0.2, 0.25) is 0 Å². The highest BCUT2D eigenvalue weighted by Gasteiger charge is 2.48. The van der Waals surface area contributed by atoms with E-state index < -0.39 is 59.9 Å². The van der Waals surface area contributed by atoms with E-state index >= 15 is 0 Å². The predicted octanol–water partition coefficient (Wildman–Crippen LogP) is 10.7. The Balaban J connectivity index is 2.44. The van der Waals surface area contributed by atoms with Gasteiger partial charge in [-0.05, 0) is 38.5 Å². The number of hydrogen-bond donors (Lipinski definition) is 6. The van der Waals surface area contributed by atoms with E-state index in [0.29, 0.717) is 12.8 Å². The second-order valence-corrected chi connectivity index (χ2v) is 19.2. The molecule has 1 aliphatic heterocycles. The minimum atomic E-state index is -5.08. The molecule has 0 spiro atoms. The van der Waals surface area contributed by atoms with E-state index in [1.807, 2.05) is 0 Å². The molecule has 7 atom stereocenters. The lowest BCUT2D eigenvalue weighted by atomic mass is 9.99. The number of ether oxygens (including phenoxy) is 2. The van der Waals surface area contributed by atoms with Gasteiger partial charge in [0, 0.05) is 6.42 Å². The van der Waals surface area contributed by atoms with Crippen molar-refractivity contribution in [3.8, 4) is 0 Å². The Hall–Kier alpha value is -1.16. The maximum Gasteiger partial charge on any atom is 0.397 e. The molecule has 6 N–H and O–H groups in total. The predicted molar refractivity (Wildman–Crippen MR) is 250 cm³/mol. The molecule has 0 radical (unpaired) electrons. The average Bonchev–Trinajstić information content (AvgIpc) is 3.24. The molecule has 0 aromatic carbocycles. The number of carbonyl (C=O) groups is 1. The molecular weight excluding hydrogens is 811 g/mol. The highest BCUT2D eigenvalue weighted by Crippen LogP contribution is 2.26. The lowest BCUT2D eigenvalue weighted by molar-refractivity contribution is -0.298. The number of unbranched alkanes of at least 4 members (excludes halogenated alkanes) is 30. The van der Waals surface area contributed by atoms with E-state index in [1.165, 1.54) is 141 Å². The summed E-state index contributed by atoms with van der Waals surface area (Å²) >= 11 is 0. The first kappa shape index (κ1) is 58.9. The third kappa shape index (κ3) is 32.5. The summed E-state index contributed by atoms with van der Waals surface area (Å²) in [6.07, 6.45) is 36.3. The van der Waals surface area contributed by atoms with Gasteiger partial charge < -0.3 is 35.2 Å².